The van der Waals surface area contributed by atoms with E-state index in [-0.39, 0.29) is 30.3 Å². The average molecular weight is 328 g/mol. The Bertz CT molecular complexity index is 525. The fourth-order valence-corrected chi connectivity index (χ4v) is 2.34. The molecular formula is C15H22ClN3O3. The lowest BCUT2D eigenvalue weighted by molar-refractivity contribution is -0.132. The summed E-state index contributed by atoms with van der Waals surface area (Å²) >= 11 is 0. The molecule has 0 unspecified atom stereocenters. The van der Waals surface area contributed by atoms with E-state index >= 15 is 0 Å². The Morgan fingerprint density at radius 2 is 2.14 bits per heavy atom. The van der Waals surface area contributed by atoms with E-state index in [9.17, 15) is 9.59 Å². The van der Waals surface area contributed by atoms with Crippen LogP contribution in [0, 0.1) is 0 Å². The van der Waals surface area contributed by atoms with Crippen molar-refractivity contribution in [2.24, 2.45) is 5.73 Å². The molecule has 1 aliphatic heterocycles. The molecule has 1 aromatic rings. The van der Waals surface area contributed by atoms with Crippen LogP contribution in [-0.2, 0) is 20.9 Å². The standard InChI is InChI=1S/C15H21N3O3.ClH/c1-10(19)18-12-4-2-3-11(7-12)9-17-15(20)14-6-5-13(8-16)21-14;/h2-4,7,13-14H,5-6,8-9,16H2,1H3,(H,17,20)(H,18,19);1H/t13-,14+;/m1./s1. The van der Waals surface area contributed by atoms with Gasteiger partial charge >= 0.3 is 0 Å². The lowest BCUT2D eigenvalue weighted by Crippen LogP contribution is -2.35. The monoisotopic (exact) mass is 327 g/mol. The van der Waals surface area contributed by atoms with Crippen LogP contribution in [-0.4, -0.2) is 30.6 Å². The number of amides is 2. The Hall–Kier alpha value is -1.63. The largest absolute Gasteiger partial charge is 0.364 e. The summed E-state index contributed by atoms with van der Waals surface area (Å²) in [5.41, 5.74) is 7.16. The predicted molar refractivity (Wildman–Crippen MR) is 86.8 cm³/mol. The zero-order valence-electron chi connectivity index (χ0n) is 12.5. The van der Waals surface area contributed by atoms with Gasteiger partial charge in [0, 0.05) is 25.7 Å². The number of anilines is 1. The summed E-state index contributed by atoms with van der Waals surface area (Å²) in [5.74, 6) is -0.237. The summed E-state index contributed by atoms with van der Waals surface area (Å²) in [7, 11) is 0. The van der Waals surface area contributed by atoms with Crippen molar-refractivity contribution in [2.45, 2.75) is 38.5 Å². The molecular weight excluding hydrogens is 306 g/mol. The lowest BCUT2D eigenvalue weighted by atomic mass is 10.1. The molecule has 22 heavy (non-hydrogen) atoms. The van der Waals surface area contributed by atoms with E-state index in [4.69, 9.17) is 10.5 Å². The third kappa shape index (κ3) is 5.29. The molecule has 1 fully saturated rings. The van der Waals surface area contributed by atoms with Gasteiger partial charge in [0.2, 0.25) is 11.8 Å². The Morgan fingerprint density at radius 1 is 1.36 bits per heavy atom. The second-order valence-electron chi connectivity index (χ2n) is 5.16. The van der Waals surface area contributed by atoms with Crippen molar-refractivity contribution < 1.29 is 14.3 Å². The first-order valence-corrected chi connectivity index (χ1v) is 7.08. The van der Waals surface area contributed by atoms with Gasteiger partial charge in [-0.05, 0) is 30.5 Å². The Balaban J connectivity index is 0.00000242. The van der Waals surface area contributed by atoms with Crippen LogP contribution in [0.2, 0.25) is 0 Å². The van der Waals surface area contributed by atoms with Gasteiger partial charge < -0.3 is 21.1 Å². The maximum Gasteiger partial charge on any atom is 0.249 e. The molecule has 1 aromatic carbocycles. The van der Waals surface area contributed by atoms with E-state index in [1.54, 1.807) is 6.07 Å². The van der Waals surface area contributed by atoms with Crippen LogP contribution in [0.3, 0.4) is 0 Å². The molecule has 7 heteroatoms. The SMILES string of the molecule is CC(=O)Nc1cccc(CNC(=O)[C@@H]2CC[C@H](CN)O2)c1.Cl. The highest BCUT2D eigenvalue weighted by Gasteiger charge is 2.29. The van der Waals surface area contributed by atoms with Crippen LogP contribution in [0.5, 0.6) is 0 Å². The van der Waals surface area contributed by atoms with E-state index in [0.29, 0.717) is 19.5 Å². The fourth-order valence-electron chi connectivity index (χ4n) is 2.34. The van der Waals surface area contributed by atoms with Gasteiger partial charge in [0.15, 0.2) is 0 Å². The van der Waals surface area contributed by atoms with Gasteiger partial charge in [-0.1, -0.05) is 12.1 Å². The summed E-state index contributed by atoms with van der Waals surface area (Å²) in [6.45, 7) is 2.31. The molecule has 4 N–H and O–H groups in total. The Morgan fingerprint density at radius 3 is 2.77 bits per heavy atom. The number of hydrogen-bond donors (Lipinski definition) is 3. The molecule has 0 spiro atoms. The number of benzene rings is 1. The van der Waals surface area contributed by atoms with E-state index in [2.05, 4.69) is 10.6 Å². The summed E-state index contributed by atoms with van der Waals surface area (Å²) in [6.07, 6.45) is 1.12. The molecule has 1 aliphatic rings. The Kier molecular flexibility index (Phi) is 7.31. The highest BCUT2D eigenvalue weighted by Crippen LogP contribution is 2.19. The smallest absolute Gasteiger partial charge is 0.249 e. The first-order valence-electron chi connectivity index (χ1n) is 7.08. The third-order valence-electron chi connectivity index (χ3n) is 3.38. The highest BCUT2D eigenvalue weighted by atomic mass is 35.5. The summed E-state index contributed by atoms with van der Waals surface area (Å²) in [6, 6.07) is 7.37. The second kappa shape index (κ2) is 8.73. The number of carbonyl (C=O) groups excluding carboxylic acids is 2. The topological polar surface area (TPSA) is 93.5 Å². The van der Waals surface area contributed by atoms with Gasteiger partial charge in [-0.15, -0.1) is 12.4 Å². The van der Waals surface area contributed by atoms with Crippen LogP contribution < -0.4 is 16.4 Å². The zero-order valence-corrected chi connectivity index (χ0v) is 13.3. The molecule has 0 aliphatic carbocycles. The number of hydrogen-bond acceptors (Lipinski definition) is 4. The molecule has 0 radical (unpaired) electrons. The van der Waals surface area contributed by atoms with Crippen molar-refractivity contribution >= 4 is 29.9 Å². The molecule has 0 bridgehead atoms. The van der Waals surface area contributed by atoms with E-state index < -0.39 is 6.10 Å². The lowest BCUT2D eigenvalue weighted by Gasteiger charge is -2.13. The summed E-state index contributed by atoms with van der Waals surface area (Å²) in [5, 5.41) is 5.56. The zero-order chi connectivity index (χ0) is 15.2. The van der Waals surface area contributed by atoms with Gasteiger partial charge in [0.25, 0.3) is 0 Å². The molecule has 122 valence electrons. The molecule has 2 rings (SSSR count). The minimum absolute atomic E-state index is 0. The van der Waals surface area contributed by atoms with Gasteiger partial charge in [-0.25, -0.2) is 0 Å². The average Bonchev–Trinajstić information content (AvgIpc) is 2.93. The molecule has 2 amide bonds. The first kappa shape index (κ1) is 18.4. The molecule has 1 heterocycles. The highest BCUT2D eigenvalue weighted by molar-refractivity contribution is 5.88. The molecule has 1 saturated heterocycles. The molecule has 0 saturated carbocycles. The summed E-state index contributed by atoms with van der Waals surface area (Å²) < 4.78 is 5.54. The van der Waals surface area contributed by atoms with Gasteiger partial charge in [-0.2, -0.15) is 0 Å². The molecule has 2 atom stereocenters. The van der Waals surface area contributed by atoms with E-state index in [0.717, 1.165) is 17.7 Å². The number of halogens is 1. The van der Waals surface area contributed by atoms with E-state index in [1.807, 2.05) is 18.2 Å². The van der Waals surface area contributed by atoms with Crippen molar-refractivity contribution in [1.82, 2.24) is 5.32 Å². The van der Waals surface area contributed by atoms with Crippen molar-refractivity contribution in [3.8, 4) is 0 Å². The number of nitrogens with one attached hydrogen (secondary N) is 2. The minimum Gasteiger partial charge on any atom is -0.364 e. The van der Waals surface area contributed by atoms with Crippen LogP contribution in [0.25, 0.3) is 0 Å². The number of nitrogens with two attached hydrogens (primary N) is 1. The first-order chi connectivity index (χ1) is 10.1. The van der Waals surface area contributed by atoms with Crippen LogP contribution in [0.15, 0.2) is 24.3 Å². The molecule has 6 nitrogen and oxygen atoms in total. The third-order valence-corrected chi connectivity index (χ3v) is 3.38. The minimum atomic E-state index is -0.405. The van der Waals surface area contributed by atoms with Crippen molar-refractivity contribution in [2.75, 3.05) is 11.9 Å². The maximum atomic E-state index is 12.0. The summed E-state index contributed by atoms with van der Waals surface area (Å²) in [4.78, 5) is 23.0. The van der Waals surface area contributed by atoms with E-state index in [1.165, 1.54) is 6.92 Å². The van der Waals surface area contributed by atoms with Crippen molar-refractivity contribution in [1.29, 1.82) is 0 Å². The van der Waals surface area contributed by atoms with Gasteiger partial charge in [0.05, 0.1) is 6.10 Å². The van der Waals surface area contributed by atoms with Crippen molar-refractivity contribution in [3.05, 3.63) is 29.8 Å². The number of carbonyl (C=O) groups is 2. The molecule has 0 aromatic heterocycles. The van der Waals surface area contributed by atoms with Crippen LogP contribution in [0.4, 0.5) is 5.69 Å². The number of rotatable bonds is 5. The maximum absolute atomic E-state index is 12.0. The van der Waals surface area contributed by atoms with Crippen molar-refractivity contribution in [3.63, 3.8) is 0 Å². The van der Waals surface area contributed by atoms with Crippen LogP contribution >= 0.6 is 12.4 Å². The van der Waals surface area contributed by atoms with Gasteiger partial charge in [-0.3, -0.25) is 9.59 Å². The quantitative estimate of drug-likeness (QED) is 0.757. The second-order valence-corrected chi connectivity index (χ2v) is 5.16. The Labute approximate surface area is 136 Å². The van der Waals surface area contributed by atoms with Gasteiger partial charge in [0.1, 0.15) is 6.10 Å². The fraction of sp³-hybridized carbons (Fsp3) is 0.467. The normalized spacial score (nSPS) is 20.1. The van der Waals surface area contributed by atoms with Crippen LogP contribution in [0.1, 0.15) is 25.3 Å². The number of ether oxygens (including phenoxy) is 1. The predicted octanol–water partition coefficient (Wildman–Crippen LogP) is 1.19.